The third kappa shape index (κ3) is 7.04. The molecule has 22 heavy (non-hydrogen) atoms. The van der Waals surface area contributed by atoms with E-state index in [0.717, 1.165) is 4.88 Å². The van der Waals surface area contributed by atoms with Gasteiger partial charge in [0.25, 0.3) is 0 Å². The summed E-state index contributed by atoms with van der Waals surface area (Å²) in [7, 11) is 1.59. The molecule has 1 aromatic rings. The van der Waals surface area contributed by atoms with Crippen LogP contribution in [0.1, 0.15) is 48.2 Å². The van der Waals surface area contributed by atoms with Crippen LogP contribution in [0, 0.1) is 6.92 Å². The van der Waals surface area contributed by atoms with E-state index in [0.29, 0.717) is 17.9 Å². The summed E-state index contributed by atoms with van der Waals surface area (Å²) in [5.74, 6) is 0.0234. The van der Waals surface area contributed by atoms with Gasteiger partial charge in [-0.15, -0.1) is 11.3 Å². The summed E-state index contributed by atoms with van der Waals surface area (Å²) >= 11 is 1.47. The highest BCUT2D eigenvalue weighted by Gasteiger charge is 2.22. The molecular formula is C16H25NO4S. The van der Waals surface area contributed by atoms with E-state index in [-0.39, 0.29) is 18.2 Å². The number of aryl methyl sites for hydroxylation is 1. The highest BCUT2D eigenvalue weighted by molar-refractivity contribution is 7.14. The van der Waals surface area contributed by atoms with Gasteiger partial charge < -0.3 is 14.8 Å². The Hall–Kier alpha value is -1.40. The second-order valence-corrected chi connectivity index (χ2v) is 7.45. The van der Waals surface area contributed by atoms with Crippen molar-refractivity contribution in [1.29, 1.82) is 0 Å². The van der Waals surface area contributed by atoms with Gasteiger partial charge in [-0.2, -0.15) is 0 Å². The van der Waals surface area contributed by atoms with Crippen molar-refractivity contribution in [2.45, 2.75) is 52.2 Å². The SMILES string of the molecule is COCCC(CC(=O)c1ccc(C)s1)NC(=O)OC(C)(C)C. The van der Waals surface area contributed by atoms with Gasteiger partial charge in [0, 0.05) is 31.1 Å². The maximum absolute atomic E-state index is 12.3. The molecule has 6 heteroatoms. The molecule has 0 aliphatic heterocycles. The van der Waals surface area contributed by atoms with Gasteiger partial charge in [-0.25, -0.2) is 4.79 Å². The lowest BCUT2D eigenvalue weighted by Crippen LogP contribution is -2.40. The Morgan fingerprint density at radius 2 is 2.00 bits per heavy atom. The van der Waals surface area contributed by atoms with Gasteiger partial charge in [-0.1, -0.05) is 0 Å². The first kappa shape index (κ1) is 18.6. The number of hydrogen-bond donors (Lipinski definition) is 1. The lowest BCUT2D eigenvalue weighted by Gasteiger charge is -2.23. The zero-order valence-corrected chi connectivity index (χ0v) is 14.7. The average Bonchev–Trinajstić information content (AvgIpc) is 2.80. The minimum absolute atomic E-state index is 0.0234. The van der Waals surface area contributed by atoms with E-state index in [9.17, 15) is 9.59 Å². The molecule has 1 atom stereocenters. The third-order valence-corrected chi connectivity index (χ3v) is 3.88. The number of rotatable bonds is 7. The van der Waals surface area contributed by atoms with E-state index in [1.807, 2.05) is 19.1 Å². The predicted molar refractivity (Wildman–Crippen MR) is 87.7 cm³/mol. The molecular weight excluding hydrogens is 302 g/mol. The van der Waals surface area contributed by atoms with E-state index in [2.05, 4.69) is 5.32 Å². The van der Waals surface area contributed by atoms with Crippen molar-refractivity contribution in [3.8, 4) is 0 Å². The molecule has 0 aliphatic rings. The fourth-order valence-electron chi connectivity index (χ4n) is 1.87. The van der Waals surface area contributed by atoms with Gasteiger partial charge in [-0.05, 0) is 46.2 Å². The van der Waals surface area contributed by atoms with Crippen molar-refractivity contribution in [1.82, 2.24) is 5.32 Å². The first-order valence-electron chi connectivity index (χ1n) is 7.29. The van der Waals surface area contributed by atoms with Crippen molar-refractivity contribution in [2.75, 3.05) is 13.7 Å². The number of alkyl carbamates (subject to hydrolysis) is 1. The Morgan fingerprint density at radius 1 is 1.32 bits per heavy atom. The number of carbonyl (C=O) groups excluding carboxylic acids is 2. The number of methoxy groups -OCH3 is 1. The van der Waals surface area contributed by atoms with Gasteiger partial charge >= 0.3 is 6.09 Å². The number of carbonyl (C=O) groups is 2. The number of ketones is 1. The minimum atomic E-state index is -0.565. The number of Topliss-reactive ketones (excluding diaryl/α,β-unsaturated/α-hetero) is 1. The Morgan fingerprint density at radius 3 is 2.50 bits per heavy atom. The number of thiophene rings is 1. The molecule has 0 spiro atoms. The third-order valence-electron chi connectivity index (χ3n) is 2.84. The Kier molecular flexibility index (Phi) is 7.03. The molecule has 0 fully saturated rings. The highest BCUT2D eigenvalue weighted by atomic mass is 32.1. The van der Waals surface area contributed by atoms with E-state index < -0.39 is 11.7 Å². The topological polar surface area (TPSA) is 64.6 Å². The first-order chi connectivity index (χ1) is 10.2. The van der Waals surface area contributed by atoms with Crippen molar-refractivity contribution in [3.05, 3.63) is 21.9 Å². The van der Waals surface area contributed by atoms with Crippen LogP contribution in [0.4, 0.5) is 4.79 Å². The molecule has 124 valence electrons. The van der Waals surface area contributed by atoms with Crippen LogP contribution in [0.25, 0.3) is 0 Å². The average molecular weight is 327 g/mol. The van der Waals surface area contributed by atoms with Crippen LogP contribution in [0.3, 0.4) is 0 Å². The Bertz CT molecular complexity index is 504. The second-order valence-electron chi connectivity index (χ2n) is 6.16. The van der Waals surface area contributed by atoms with Crippen molar-refractivity contribution in [3.63, 3.8) is 0 Å². The number of amides is 1. The zero-order valence-electron chi connectivity index (χ0n) is 13.9. The molecule has 1 unspecified atom stereocenters. The molecule has 1 amide bonds. The van der Waals surface area contributed by atoms with Crippen molar-refractivity contribution >= 4 is 23.2 Å². The maximum Gasteiger partial charge on any atom is 0.407 e. The minimum Gasteiger partial charge on any atom is -0.444 e. The molecule has 0 radical (unpaired) electrons. The number of nitrogens with one attached hydrogen (secondary N) is 1. The molecule has 1 rings (SSSR count). The molecule has 1 aromatic heterocycles. The largest absolute Gasteiger partial charge is 0.444 e. The van der Waals surface area contributed by atoms with Gasteiger partial charge in [0.1, 0.15) is 5.60 Å². The molecule has 0 aromatic carbocycles. The zero-order chi connectivity index (χ0) is 16.8. The predicted octanol–water partition coefficient (Wildman–Crippen LogP) is 3.56. The van der Waals surface area contributed by atoms with Crippen LogP contribution >= 0.6 is 11.3 Å². The number of hydrogen-bond acceptors (Lipinski definition) is 5. The summed E-state index contributed by atoms with van der Waals surface area (Å²) in [4.78, 5) is 26.0. The fourth-order valence-corrected chi connectivity index (χ4v) is 2.68. The van der Waals surface area contributed by atoms with E-state index in [1.54, 1.807) is 27.9 Å². The standard InChI is InChI=1S/C16H25NO4S/c1-11-6-7-14(22-11)13(18)10-12(8-9-20-5)17-15(19)21-16(2,3)4/h6-7,12H,8-10H2,1-5H3,(H,17,19). The van der Waals surface area contributed by atoms with E-state index in [4.69, 9.17) is 9.47 Å². The van der Waals surface area contributed by atoms with Crippen LogP contribution in [-0.2, 0) is 9.47 Å². The van der Waals surface area contributed by atoms with Crippen LogP contribution in [0.5, 0.6) is 0 Å². The molecule has 1 heterocycles. The monoisotopic (exact) mass is 327 g/mol. The molecule has 5 nitrogen and oxygen atoms in total. The molecule has 0 aliphatic carbocycles. The fraction of sp³-hybridized carbons (Fsp3) is 0.625. The van der Waals surface area contributed by atoms with Crippen LogP contribution in [0.15, 0.2) is 12.1 Å². The normalized spacial score (nSPS) is 12.8. The summed E-state index contributed by atoms with van der Waals surface area (Å²) in [5.41, 5.74) is -0.565. The van der Waals surface area contributed by atoms with Crippen molar-refractivity contribution < 1.29 is 19.1 Å². The Balaban J connectivity index is 2.63. The van der Waals surface area contributed by atoms with Crippen molar-refractivity contribution in [2.24, 2.45) is 0 Å². The first-order valence-corrected chi connectivity index (χ1v) is 8.11. The second kappa shape index (κ2) is 8.29. The summed E-state index contributed by atoms with van der Waals surface area (Å²) < 4.78 is 10.3. The number of ether oxygens (including phenoxy) is 2. The lowest BCUT2D eigenvalue weighted by molar-refractivity contribution is 0.0490. The van der Waals surface area contributed by atoms with Gasteiger partial charge in [-0.3, -0.25) is 4.79 Å². The summed E-state index contributed by atoms with van der Waals surface area (Å²) in [6.45, 7) is 7.84. The molecule has 1 N–H and O–H groups in total. The van der Waals surface area contributed by atoms with Crippen LogP contribution < -0.4 is 5.32 Å². The highest BCUT2D eigenvalue weighted by Crippen LogP contribution is 2.18. The maximum atomic E-state index is 12.3. The van der Waals surface area contributed by atoms with E-state index in [1.165, 1.54) is 11.3 Å². The van der Waals surface area contributed by atoms with Gasteiger partial charge in [0.05, 0.1) is 4.88 Å². The smallest absolute Gasteiger partial charge is 0.407 e. The summed E-state index contributed by atoms with van der Waals surface area (Å²) in [6, 6.07) is 3.44. The van der Waals surface area contributed by atoms with Crippen LogP contribution in [0.2, 0.25) is 0 Å². The lowest BCUT2D eigenvalue weighted by atomic mass is 10.1. The van der Waals surface area contributed by atoms with Gasteiger partial charge in [0.2, 0.25) is 0 Å². The summed E-state index contributed by atoms with van der Waals surface area (Å²) in [6.07, 6.45) is 0.290. The van der Waals surface area contributed by atoms with E-state index >= 15 is 0 Å². The Labute approximate surface area is 136 Å². The van der Waals surface area contributed by atoms with Crippen LogP contribution in [-0.4, -0.2) is 37.2 Å². The van der Waals surface area contributed by atoms with Gasteiger partial charge in [0.15, 0.2) is 5.78 Å². The molecule has 0 bridgehead atoms. The molecule has 0 saturated carbocycles. The quantitative estimate of drug-likeness (QED) is 0.778. The molecule has 0 saturated heterocycles. The summed E-state index contributed by atoms with van der Waals surface area (Å²) in [5, 5.41) is 2.76.